The molecule has 0 spiro atoms. The Morgan fingerprint density at radius 1 is 0.966 bits per heavy atom. The average molecular weight is 447 g/mol. The van der Waals surface area contributed by atoms with E-state index in [4.69, 9.17) is 11.6 Å². The van der Waals surface area contributed by atoms with Crippen molar-refractivity contribution in [3.8, 4) is 0 Å². The summed E-state index contributed by atoms with van der Waals surface area (Å²) in [5.41, 5.74) is 1.66. The van der Waals surface area contributed by atoms with Crippen LogP contribution in [-0.4, -0.2) is 20.6 Å². The van der Waals surface area contributed by atoms with Crippen molar-refractivity contribution in [1.29, 1.82) is 0 Å². The van der Waals surface area contributed by atoms with Crippen LogP contribution in [0, 0.1) is 0 Å². The fourth-order valence-corrected chi connectivity index (χ4v) is 4.30. The van der Waals surface area contributed by atoms with Gasteiger partial charge in [0.2, 0.25) is 15.9 Å². The van der Waals surface area contributed by atoms with Crippen molar-refractivity contribution in [1.82, 2.24) is 0 Å². The molecule has 8 heteroatoms. The van der Waals surface area contributed by atoms with Gasteiger partial charge in [-0.2, -0.15) is 0 Å². The summed E-state index contributed by atoms with van der Waals surface area (Å²) < 4.78 is 25.4. The summed E-state index contributed by atoms with van der Waals surface area (Å²) in [6.45, 7) is 0. The number of sulfonamides is 1. The molecule has 0 radical (unpaired) electrons. The number of hydrogen-bond acceptors (Lipinski definition) is 4. The highest BCUT2D eigenvalue weighted by molar-refractivity contribution is 7.99. The number of para-hydroxylation sites is 1. The van der Waals surface area contributed by atoms with Crippen molar-refractivity contribution in [3.63, 3.8) is 0 Å². The first-order valence-corrected chi connectivity index (χ1v) is 11.8. The Kier molecular flexibility index (Phi) is 6.84. The van der Waals surface area contributed by atoms with Gasteiger partial charge in [-0.3, -0.25) is 9.52 Å². The Hall–Kier alpha value is -2.48. The van der Waals surface area contributed by atoms with E-state index in [1.54, 1.807) is 36.0 Å². The molecule has 3 aromatic rings. The highest BCUT2D eigenvalue weighted by Gasteiger charge is 2.11. The number of hydrogen-bond donors (Lipinski definition) is 2. The Balaban J connectivity index is 1.64. The van der Waals surface area contributed by atoms with Gasteiger partial charge in [-0.05, 0) is 48.0 Å². The van der Waals surface area contributed by atoms with E-state index in [1.165, 1.54) is 0 Å². The van der Waals surface area contributed by atoms with Crippen LogP contribution in [0.15, 0.2) is 82.6 Å². The van der Waals surface area contributed by atoms with Crippen LogP contribution in [0.3, 0.4) is 0 Å². The fourth-order valence-electron chi connectivity index (χ4n) is 2.61. The summed E-state index contributed by atoms with van der Waals surface area (Å²) in [4.78, 5) is 14.4. The van der Waals surface area contributed by atoms with Gasteiger partial charge < -0.3 is 5.32 Å². The number of benzene rings is 3. The van der Waals surface area contributed by atoms with Gasteiger partial charge in [0.25, 0.3) is 0 Å². The Bertz CT molecular complexity index is 1120. The van der Waals surface area contributed by atoms with Gasteiger partial charge in [0.15, 0.2) is 0 Å². The standard InChI is InChI=1S/C21H19ClN2O3S2/c1-29(26,27)24-19-8-4-2-6-15(19)14-21(25)23-16-10-12-17(13-11-16)28-20-9-5-3-7-18(20)22/h2-13,24H,14H2,1H3,(H,23,25). The number of amides is 1. The Morgan fingerprint density at radius 2 is 1.62 bits per heavy atom. The maximum absolute atomic E-state index is 12.4. The molecule has 0 aromatic heterocycles. The molecule has 0 unspecified atom stereocenters. The minimum atomic E-state index is -3.42. The van der Waals surface area contributed by atoms with Gasteiger partial charge in [0, 0.05) is 15.5 Å². The fraction of sp³-hybridized carbons (Fsp3) is 0.0952. The summed E-state index contributed by atoms with van der Waals surface area (Å²) in [5, 5.41) is 3.52. The molecule has 3 rings (SSSR count). The van der Waals surface area contributed by atoms with Gasteiger partial charge in [0.05, 0.1) is 23.4 Å². The van der Waals surface area contributed by atoms with Crippen molar-refractivity contribution in [2.24, 2.45) is 0 Å². The molecule has 0 heterocycles. The third-order valence-electron chi connectivity index (χ3n) is 3.87. The van der Waals surface area contributed by atoms with Gasteiger partial charge in [-0.1, -0.05) is 53.7 Å². The topological polar surface area (TPSA) is 75.3 Å². The summed E-state index contributed by atoms with van der Waals surface area (Å²) in [6, 6.07) is 21.9. The predicted molar refractivity (Wildman–Crippen MR) is 119 cm³/mol. The largest absolute Gasteiger partial charge is 0.326 e. The molecule has 0 saturated carbocycles. The van der Waals surface area contributed by atoms with E-state index < -0.39 is 10.0 Å². The molecular formula is C21H19ClN2O3S2. The van der Waals surface area contributed by atoms with Crippen molar-refractivity contribution in [3.05, 3.63) is 83.4 Å². The minimum Gasteiger partial charge on any atom is -0.326 e. The molecular weight excluding hydrogens is 428 g/mol. The summed E-state index contributed by atoms with van der Waals surface area (Å²) >= 11 is 7.73. The molecule has 0 saturated heterocycles. The van der Waals surface area contributed by atoms with Crippen molar-refractivity contribution >= 4 is 50.7 Å². The Labute approximate surface area is 179 Å². The lowest BCUT2D eigenvalue weighted by Crippen LogP contribution is -2.17. The number of rotatable bonds is 7. The maximum atomic E-state index is 12.4. The van der Waals surface area contributed by atoms with E-state index in [0.29, 0.717) is 22.0 Å². The van der Waals surface area contributed by atoms with Crippen LogP contribution < -0.4 is 10.0 Å². The van der Waals surface area contributed by atoms with E-state index in [9.17, 15) is 13.2 Å². The highest BCUT2D eigenvalue weighted by Crippen LogP contribution is 2.33. The lowest BCUT2D eigenvalue weighted by Gasteiger charge is -2.11. The van der Waals surface area contributed by atoms with Crippen molar-refractivity contribution in [2.75, 3.05) is 16.3 Å². The number of carbonyl (C=O) groups excluding carboxylic acids is 1. The van der Waals surface area contributed by atoms with Gasteiger partial charge in [0.1, 0.15) is 0 Å². The van der Waals surface area contributed by atoms with Gasteiger partial charge in [-0.25, -0.2) is 8.42 Å². The third kappa shape index (κ3) is 6.52. The zero-order valence-corrected chi connectivity index (χ0v) is 17.9. The molecule has 0 aliphatic rings. The average Bonchev–Trinajstić information content (AvgIpc) is 2.65. The highest BCUT2D eigenvalue weighted by atomic mass is 35.5. The molecule has 1 amide bonds. The molecule has 5 nitrogen and oxygen atoms in total. The van der Waals surface area contributed by atoms with Crippen molar-refractivity contribution < 1.29 is 13.2 Å². The molecule has 2 N–H and O–H groups in total. The SMILES string of the molecule is CS(=O)(=O)Nc1ccccc1CC(=O)Nc1ccc(Sc2ccccc2Cl)cc1. The second-order valence-electron chi connectivity index (χ2n) is 6.31. The van der Waals surface area contributed by atoms with E-state index in [0.717, 1.165) is 16.0 Å². The lowest BCUT2D eigenvalue weighted by molar-refractivity contribution is -0.115. The van der Waals surface area contributed by atoms with Gasteiger partial charge >= 0.3 is 0 Å². The first kappa shape index (κ1) is 21.2. The molecule has 0 aliphatic heterocycles. The first-order valence-electron chi connectivity index (χ1n) is 8.68. The zero-order chi connectivity index (χ0) is 20.9. The lowest BCUT2D eigenvalue weighted by atomic mass is 10.1. The Morgan fingerprint density at radius 3 is 2.31 bits per heavy atom. The summed E-state index contributed by atoms with van der Waals surface area (Å²) in [6.07, 6.45) is 1.13. The molecule has 0 fully saturated rings. The van der Waals surface area contributed by atoms with E-state index >= 15 is 0 Å². The number of anilines is 2. The molecule has 0 bridgehead atoms. The molecule has 29 heavy (non-hydrogen) atoms. The molecule has 0 atom stereocenters. The number of carbonyl (C=O) groups is 1. The van der Waals surface area contributed by atoms with Crippen LogP contribution in [0.2, 0.25) is 5.02 Å². The first-order chi connectivity index (χ1) is 13.8. The summed E-state index contributed by atoms with van der Waals surface area (Å²) in [5.74, 6) is -0.237. The number of halogens is 1. The third-order valence-corrected chi connectivity index (χ3v) is 5.98. The normalized spacial score (nSPS) is 11.1. The van der Waals surface area contributed by atoms with Crippen LogP contribution in [0.5, 0.6) is 0 Å². The minimum absolute atomic E-state index is 0.0504. The smallest absolute Gasteiger partial charge is 0.229 e. The van der Waals surface area contributed by atoms with Crippen LogP contribution in [0.1, 0.15) is 5.56 Å². The van der Waals surface area contributed by atoms with E-state index in [1.807, 2.05) is 48.5 Å². The zero-order valence-electron chi connectivity index (χ0n) is 15.6. The van der Waals surface area contributed by atoms with Crippen LogP contribution >= 0.6 is 23.4 Å². The molecule has 150 valence electrons. The van der Waals surface area contributed by atoms with Crippen LogP contribution in [0.4, 0.5) is 11.4 Å². The monoisotopic (exact) mass is 446 g/mol. The quantitative estimate of drug-likeness (QED) is 0.532. The second-order valence-corrected chi connectivity index (χ2v) is 9.58. The van der Waals surface area contributed by atoms with Gasteiger partial charge in [-0.15, -0.1) is 0 Å². The molecule has 3 aromatic carbocycles. The van der Waals surface area contributed by atoms with Crippen LogP contribution in [-0.2, 0) is 21.2 Å². The molecule has 0 aliphatic carbocycles. The number of nitrogens with one attached hydrogen (secondary N) is 2. The van der Waals surface area contributed by atoms with E-state index in [2.05, 4.69) is 10.0 Å². The maximum Gasteiger partial charge on any atom is 0.229 e. The second kappa shape index (κ2) is 9.35. The summed E-state index contributed by atoms with van der Waals surface area (Å²) in [7, 11) is -3.42. The van der Waals surface area contributed by atoms with Crippen molar-refractivity contribution in [2.45, 2.75) is 16.2 Å². The van der Waals surface area contributed by atoms with Crippen LogP contribution in [0.25, 0.3) is 0 Å². The van der Waals surface area contributed by atoms with E-state index in [-0.39, 0.29) is 12.3 Å². The predicted octanol–water partition coefficient (Wildman–Crippen LogP) is 5.04.